The van der Waals surface area contributed by atoms with E-state index in [1.165, 1.54) is 0 Å². The molecule has 1 aromatic rings. The summed E-state index contributed by atoms with van der Waals surface area (Å²) < 4.78 is 23.9. The van der Waals surface area contributed by atoms with E-state index >= 15 is 0 Å². The number of hydrogen-bond donors (Lipinski definition) is 0. The second-order valence-electron chi connectivity index (χ2n) is 4.13. The molecule has 0 N–H and O–H groups in total. The summed E-state index contributed by atoms with van der Waals surface area (Å²) in [6.07, 6.45) is 0. The van der Waals surface area contributed by atoms with E-state index in [1.54, 1.807) is 12.1 Å². The third-order valence-electron chi connectivity index (χ3n) is 2.77. The van der Waals surface area contributed by atoms with Gasteiger partial charge in [0.25, 0.3) is 0 Å². The molecule has 1 aliphatic rings. The van der Waals surface area contributed by atoms with Crippen LogP contribution < -0.4 is 4.74 Å². The van der Waals surface area contributed by atoms with E-state index in [-0.39, 0.29) is 11.2 Å². The third-order valence-corrected chi connectivity index (χ3v) is 2.77. The lowest BCUT2D eigenvalue weighted by atomic mass is 9.81. The Morgan fingerprint density at radius 3 is 2.67 bits per heavy atom. The monoisotopic (exact) mass is 210 g/mol. The Kier molecular flexibility index (Phi) is 2.65. The molecule has 15 heavy (non-hydrogen) atoms. The number of ether oxygens (including phenoxy) is 2. The largest absolute Gasteiger partial charge is 0.491 e. The molecule has 0 bridgehead atoms. The highest BCUT2D eigenvalue weighted by Crippen LogP contribution is 2.33. The van der Waals surface area contributed by atoms with Crippen LogP contribution in [0, 0.1) is 5.82 Å². The van der Waals surface area contributed by atoms with Crippen molar-refractivity contribution in [3.8, 4) is 5.75 Å². The minimum absolute atomic E-state index is 0.0222. The quantitative estimate of drug-likeness (QED) is 0.763. The van der Waals surface area contributed by atoms with Crippen molar-refractivity contribution < 1.29 is 13.9 Å². The van der Waals surface area contributed by atoms with E-state index in [2.05, 4.69) is 6.92 Å². The normalized spacial score (nSPS) is 18.3. The highest BCUT2D eigenvalue weighted by molar-refractivity contribution is 5.34. The lowest BCUT2D eigenvalue weighted by Gasteiger charge is -2.38. The van der Waals surface area contributed by atoms with E-state index in [9.17, 15) is 4.39 Å². The molecule has 0 aliphatic carbocycles. The van der Waals surface area contributed by atoms with Gasteiger partial charge >= 0.3 is 0 Å². The van der Waals surface area contributed by atoms with Gasteiger partial charge in [-0.3, -0.25) is 0 Å². The standard InChI is InChI=1S/C12H15FO2/c1-3-15-11-5-4-9(6-10(11)13)12(2)7-14-8-12/h4-6H,3,7-8H2,1-2H3. The van der Waals surface area contributed by atoms with E-state index < -0.39 is 0 Å². The fraction of sp³-hybridized carbons (Fsp3) is 0.500. The van der Waals surface area contributed by atoms with Crippen molar-refractivity contribution in [2.24, 2.45) is 0 Å². The van der Waals surface area contributed by atoms with Gasteiger partial charge in [-0.15, -0.1) is 0 Å². The van der Waals surface area contributed by atoms with Gasteiger partial charge in [-0.25, -0.2) is 4.39 Å². The molecule has 82 valence electrons. The number of benzene rings is 1. The molecule has 1 aliphatic heterocycles. The first-order valence-corrected chi connectivity index (χ1v) is 5.16. The van der Waals surface area contributed by atoms with Crippen molar-refractivity contribution in [1.82, 2.24) is 0 Å². The van der Waals surface area contributed by atoms with Gasteiger partial charge in [0.2, 0.25) is 0 Å². The summed E-state index contributed by atoms with van der Waals surface area (Å²) in [6, 6.07) is 5.15. The maximum atomic E-state index is 13.6. The van der Waals surface area contributed by atoms with Crippen molar-refractivity contribution in [2.75, 3.05) is 19.8 Å². The van der Waals surface area contributed by atoms with Crippen LogP contribution in [0.15, 0.2) is 18.2 Å². The smallest absolute Gasteiger partial charge is 0.165 e. The van der Waals surface area contributed by atoms with E-state index in [1.807, 2.05) is 13.0 Å². The molecule has 2 rings (SSSR count). The van der Waals surface area contributed by atoms with Gasteiger partial charge in [0.05, 0.1) is 19.8 Å². The predicted octanol–water partition coefficient (Wildman–Crippen LogP) is 2.51. The molecule has 0 amide bonds. The maximum Gasteiger partial charge on any atom is 0.165 e. The van der Waals surface area contributed by atoms with Crippen molar-refractivity contribution in [3.63, 3.8) is 0 Å². The summed E-state index contributed by atoms with van der Waals surface area (Å²) in [7, 11) is 0. The molecule has 0 saturated carbocycles. The second-order valence-corrected chi connectivity index (χ2v) is 4.13. The Bertz CT molecular complexity index is 359. The number of hydrogen-bond acceptors (Lipinski definition) is 2. The van der Waals surface area contributed by atoms with Crippen LogP contribution in [0.25, 0.3) is 0 Å². The van der Waals surface area contributed by atoms with E-state index in [0.29, 0.717) is 25.6 Å². The summed E-state index contributed by atoms with van der Waals surface area (Å²) >= 11 is 0. The van der Waals surface area contributed by atoms with Gasteiger partial charge in [-0.05, 0) is 24.6 Å². The lowest BCUT2D eigenvalue weighted by Crippen LogP contribution is -2.43. The SMILES string of the molecule is CCOc1ccc(C2(C)COC2)cc1F. The van der Waals surface area contributed by atoms with Crippen molar-refractivity contribution in [3.05, 3.63) is 29.6 Å². The van der Waals surface area contributed by atoms with Gasteiger partial charge in [0.15, 0.2) is 11.6 Å². The van der Waals surface area contributed by atoms with E-state index in [0.717, 1.165) is 5.56 Å². The average Bonchev–Trinajstić information content (AvgIpc) is 2.18. The highest BCUT2D eigenvalue weighted by Gasteiger charge is 2.35. The van der Waals surface area contributed by atoms with Crippen LogP contribution in [0.3, 0.4) is 0 Å². The Labute approximate surface area is 89.0 Å². The molecular weight excluding hydrogens is 195 g/mol. The molecule has 3 heteroatoms. The van der Waals surface area contributed by atoms with Crippen LogP contribution in [0.2, 0.25) is 0 Å². The summed E-state index contributed by atoms with van der Waals surface area (Å²) in [6.45, 7) is 5.73. The highest BCUT2D eigenvalue weighted by atomic mass is 19.1. The molecule has 1 heterocycles. The number of rotatable bonds is 3. The van der Waals surface area contributed by atoms with Gasteiger partial charge in [0, 0.05) is 5.41 Å². The average molecular weight is 210 g/mol. The zero-order chi connectivity index (χ0) is 10.9. The Balaban J connectivity index is 2.25. The Morgan fingerprint density at radius 1 is 1.47 bits per heavy atom. The van der Waals surface area contributed by atoms with E-state index in [4.69, 9.17) is 9.47 Å². The summed E-state index contributed by atoms with van der Waals surface area (Å²) in [5, 5.41) is 0. The molecule has 0 aromatic heterocycles. The molecule has 0 radical (unpaired) electrons. The Morgan fingerprint density at radius 2 is 2.20 bits per heavy atom. The third kappa shape index (κ3) is 1.84. The minimum Gasteiger partial charge on any atom is -0.491 e. The minimum atomic E-state index is -0.289. The first-order valence-electron chi connectivity index (χ1n) is 5.16. The van der Waals surface area contributed by atoms with Crippen LogP contribution in [-0.2, 0) is 10.2 Å². The first-order chi connectivity index (χ1) is 7.15. The Hall–Kier alpha value is -1.09. The summed E-state index contributed by atoms with van der Waals surface area (Å²) in [5.41, 5.74) is 0.959. The number of halogens is 1. The molecular formula is C12H15FO2. The van der Waals surface area contributed by atoms with Crippen LogP contribution in [0.4, 0.5) is 4.39 Å². The summed E-state index contributed by atoms with van der Waals surface area (Å²) in [4.78, 5) is 0. The van der Waals surface area contributed by atoms with Crippen molar-refractivity contribution >= 4 is 0 Å². The fourth-order valence-corrected chi connectivity index (χ4v) is 1.72. The molecule has 1 aromatic carbocycles. The zero-order valence-electron chi connectivity index (χ0n) is 9.05. The van der Waals surface area contributed by atoms with Crippen LogP contribution in [-0.4, -0.2) is 19.8 Å². The lowest BCUT2D eigenvalue weighted by molar-refractivity contribution is -0.0501. The second kappa shape index (κ2) is 3.81. The molecule has 0 spiro atoms. The van der Waals surface area contributed by atoms with Crippen LogP contribution >= 0.6 is 0 Å². The van der Waals surface area contributed by atoms with Crippen molar-refractivity contribution in [2.45, 2.75) is 19.3 Å². The fourth-order valence-electron chi connectivity index (χ4n) is 1.72. The van der Waals surface area contributed by atoms with Gasteiger partial charge in [0.1, 0.15) is 0 Å². The predicted molar refractivity (Wildman–Crippen MR) is 55.7 cm³/mol. The van der Waals surface area contributed by atoms with Gasteiger partial charge < -0.3 is 9.47 Å². The maximum absolute atomic E-state index is 13.6. The molecule has 1 saturated heterocycles. The van der Waals surface area contributed by atoms with Gasteiger partial charge in [-0.2, -0.15) is 0 Å². The molecule has 1 fully saturated rings. The molecule has 0 unspecified atom stereocenters. The zero-order valence-corrected chi connectivity index (χ0v) is 9.05. The first kappa shape index (κ1) is 10.4. The van der Waals surface area contributed by atoms with Crippen LogP contribution in [0.1, 0.15) is 19.4 Å². The van der Waals surface area contributed by atoms with Crippen LogP contribution in [0.5, 0.6) is 5.75 Å². The summed E-state index contributed by atoms with van der Waals surface area (Å²) in [5.74, 6) is 0.0348. The van der Waals surface area contributed by atoms with Gasteiger partial charge in [-0.1, -0.05) is 13.0 Å². The molecule has 2 nitrogen and oxygen atoms in total. The van der Waals surface area contributed by atoms with Crippen molar-refractivity contribution in [1.29, 1.82) is 0 Å². The molecule has 0 atom stereocenters. The topological polar surface area (TPSA) is 18.5 Å².